The zero-order valence-electron chi connectivity index (χ0n) is 16.7. The summed E-state index contributed by atoms with van der Waals surface area (Å²) < 4.78 is 21.4. The van der Waals surface area contributed by atoms with E-state index in [-0.39, 0.29) is 24.0 Å². The molecule has 8 heteroatoms. The Balaban J connectivity index is 0.00000392. The quantitative estimate of drug-likeness (QED) is 0.312. The Morgan fingerprint density at radius 3 is 2.11 bits per heavy atom. The molecule has 154 valence electrons. The first-order valence-electron chi connectivity index (χ1n) is 8.65. The van der Waals surface area contributed by atoms with Gasteiger partial charge in [0.25, 0.3) is 0 Å². The van der Waals surface area contributed by atoms with Crippen LogP contribution in [0.1, 0.15) is 18.1 Å². The van der Waals surface area contributed by atoms with Crippen LogP contribution in [0.3, 0.4) is 0 Å². The highest BCUT2D eigenvalue weighted by atomic mass is 127. The van der Waals surface area contributed by atoms with Gasteiger partial charge in [0.1, 0.15) is 0 Å². The van der Waals surface area contributed by atoms with E-state index in [9.17, 15) is 0 Å². The Morgan fingerprint density at radius 1 is 0.893 bits per heavy atom. The van der Waals surface area contributed by atoms with E-state index in [0.29, 0.717) is 42.9 Å². The molecule has 0 amide bonds. The molecular formula is C20H28IN3O4. The highest BCUT2D eigenvalue weighted by Gasteiger charge is 2.06. The molecule has 0 atom stereocenters. The van der Waals surface area contributed by atoms with Crippen molar-refractivity contribution in [2.45, 2.75) is 20.0 Å². The zero-order valence-corrected chi connectivity index (χ0v) is 19.0. The summed E-state index contributed by atoms with van der Waals surface area (Å²) in [5.41, 5.74) is 7.96. The number of hydrogen-bond donors (Lipinski definition) is 2. The summed E-state index contributed by atoms with van der Waals surface area (Å²) in [7, 11) is 4.83. The van der Waals surface area contributed by atoms with Crippen molar-refractivity contribution in [3.63, 3.8) is 0 Å². The van der Waals surface area contributed by atoms with E-state index in [1.807, 2.05) is 43.3 Å². The smallest absolute Gasteiger partial charge is 0.189 e. The Bertz CT molecular complexity index is 784. The Kier molecular flexibility index (Phi) is 10.3. The number of methoxy groups -OCH3 is 3. The van der Waals surface area contributed by atoms with E-state index in [0.717, 1.165) is 16.9 Å². The van der Waals surface area contributed by atoms with Crippen molar-refractivity contribution in [3.05, 3.63) is 47.5 Å². The predicted molar refractivity (Wildman–Crippen MR) is 121 cm³/mol. The lowest BCUT2D eigenvalue weighted by atomic mass is 10.2. The van der Waals surface area contributed by atoms with Crippen molar-refractivity contribution in [3.8, 4) is 23.0 Å². The van der Waals surface area contributed by atoms with Gasteiger partial charge in [-0.3, -0.25) is 0 Å². The van der Waals surface area contributed by atoms with Gasteiger partial charge in [0, 0.05) is 6.54 Å². The molecule has 0 fully saturated rings. The van der Waals surface area contributed by atoms with Crippen molar-refractivity contribution in [2.24, 2.45) is 10.7 Å². The molecule has 2 aromatic carbocycles. The molecule has 0 bridgehead atoms. The molecule has 0 saturated carbocycles. The fourth-order valence-corrected chi connectivity index (χ4v) is 2.50. The van der Waals surface area contributed by atoms with E-state index < -0.39 is 0 Å². The second-order valence-corrected chi connectivity index (χ2v) is 5.66. The number of nitrogens with two attached hydrogens (primary N) is 1. The first kappa shape index (κ1) is 23.7. The number of nitrogens with one attached hydrogen (secondary N) is 1. The van der Waals surface area contributed by atoms with Gasteiger partial charge in [-0.25, -0.2) is 4.99 Å². The number of ether oxygens (including phenoxy) is 4. The van der Waals surface area contributed by atoms with Gasteiger partial charge >= 0.3 is 0 Å². The van der Waals surface area contributed by atoms with E-state index in [1.54, 1.807) is 21.3 Å². The number of hydrogen-bond acceptors (Lipinski definition) is 5. The van der Waals surface area contributed by atoms with Crippen LogP contribution < -0.4 is 30.0 Å². The Hall–Kier alpha value is -2.36. The highest BCUT2D eigenvalue weighted by Crippen LogP contribution is 2.28. The van der Waals surface area contributed by atoms with E-state index >= 15 is 0 Å². The molecule has 0 heterocycles. The molecule has 2 aromatic rings. The molecule has 0 aromatic heterocycles. The maximum atomic E-state index is 5.97. The molecule has 7 nitrogen and oxygen atoms in total. The molecule has 0 aliphatic heterocycles. The number of guanidine groups is 1. The molecule has 0 aliphatic rings. The topological polar surface area (TPSA) is 87.3 Å². The van der Waals surface area contributed by atoms with Crippen molar-refractivity contribution in [2.75, 3.05) is 27.9 Å². The lowest BCUT2D eigenvalue weighted by Crippen LogP contribution is -2.31. The molecule has 3 N–H and O–H groups in total. The molecule has 28 heavy (non-hydrogen) atoms. The molecule has 0 aliphatic carbocycles. The maximum Gasteiger partial charge on any atom is 0.189 e. The SMILES string of the molecule is CCOc1ccc(CNC(N)=NCc2ccc(OC)c(OC)c2)cc1OC.I. The Morgan fingerprint density at radius 2 is 1.46 bits per heavy atom. The number of benzene rings is 2. The van der Waals surface area contributed by atoms with Crippen molar-refractivity contribution >= 4 is 29.9 Å². The molecule has 0 radical (unpaired) electrons. The van der Waals surface area contributed by atoms with Gasteiger partial charge in [-0.15, -0.1) is 24.0 Å². The minimum atomic E-state index is 0. The summed E-state index contributed by atoms with van der Waals surface area (Å²) in [6, 6.07) is 11.4. The first-order chi connectivity index (χ1) is 13.1. The summed E-state index contributed by atoms with van der Waals surface area (Å²) in [5, 5.41) is 3.10. The minimum Gasteiger partial charge on any atom is -0.493 e. The van der Waals surface area contributed by atoms with Crippen LogP contribution >= 0.6 is 24.0 Å². The van der Waals surface area contributed by atoms with Gasteiger partial charge in [-0.05, 0) is 42.3 Å². The summed E-state index contributed by atoms with van der Waals surface area (Å²) in [5.74, 6) is 3.12. The number of nitrogens with zero attached hydrogens (tertiary/aromatic N) is 1. The highest BCUT2D eigenvalue weighted by molar-refractivity contribution is 14.0. The van der Waals surface area contributed by atoms with E-state index in [2.05, 4.69) is 10.3 Å². The largest absolute Gasteiger partial charge is 0.493 e. The molecule has 0 saturated heterocycles. The molecular weight excluding hydrogens is 473 g/mol. The van der Waals surface area contributed by atoms with Gasteiger partial charge in [-0.2, -0.15) is 0 Å². The third kappa shape index (κ3) is 6.66. The van der Waals surface area contributed by atoms with Gasteiger partial charge < -0.3 is 30.0 Å². The summed E-state index contributed by atoms with van der Waals surface area (Å²) in [4.78, 5) is 4.36. The van der Waals surface area contributed by atoms with Crippen molar-refractivity contribution < 1.29 is 18.9 Å². The number of aliphatic imine (C=N–C) groups is 1. The summed E-state index contributed by atoms with van der Waals surface area (Å²) >= 11 is 0. The van der Waals surface area contributed by atoms with Crippen LogP contribution in [-0.4, -0.2) is 33.9 Å². The van der Waals surface area contributed by atoms with E-state index in [4.69, 9.17) is 24.7 Å². The molecule has 0 spiro atoms. The molecule has 2 rings (SSSR count). The van der Waals surface area contributed by atoms with Crippen LogP contribution in [0.2, 0.25) is 0 Å². The minimum absolute atomic E-state index is 0. The lowest BCUT2D eigenvalue weighted by molar-refractivity contribution is 0.310. The fourth-order valence-electron chi connectivity index (χ4n) is 2.50. The Labute approximate surface area is 183 Å². The maximum absolute atomic E-state index is 5.97. The second kappa shape index (κ2) is 12.2. The van der Waals surface area contributed by atoms with Gasteiger partial charge in [-0.1, -0.05) is 12.1 Å². The average Bonchev–Trinajstić information content (AvgIpc) is 2.71. The first-order valence-corrected chi connectivity index (χ1v) is 8.65. The standard InChI is InChI=1S/C20H27N3O4.HI/c1-5-27-17-9-7-15(11-19(17)26-4)13-23-20(21)22-12-14-6-8-16(24-2)18(10-14)25-3;/h6-11H,5,12-13H2,1-4H3,(H3,21,22,23);1H. The second-order valence-electron chi connectivity index (χ2n) is 5.66. The number of rotatable bonds is 9. The van der Waals surface area contributed by atoms with Crippen LogP contribution in [0.25, 0.3) is 0 Å². The number of halogens is 1. The fraction of sp³-hybridized carbons (Fsp3) is 0.350. The van der Waals surface area contributed by atoms with Gasteiger partial charge in [0.2, 0.25) is 0 Å². The third-order valence-electron chi connectivity index (χ3n) is 3.88. The van der Waals surface area contributed by atoms with Crippen LogP contribution in [0, 0.1) is 0 Å². The monoisotopic (exact) mass is 501 g/mol. The average molecular weight is 501 g/mol. The van der Waals surface area contributed by atoms with Crippen molar-refractivity contribution in [1.82, 2.24) is 5.32 Å². The summed E-state index contributed by atoms with van der Waals surface area (Å²) in [6.45, 7) is 3.49. The normalized spacial score (nSPS) is 10.6. The van der Waals surface area contributed by atoms with Gasteiger partial charge in [0.15, 0.2) is 29.0 Å². The third-order valence-corrected chi connectivity index (χ3v) is 3.88. The van der Waals surface area contributed by atoms with Crippen LogP contribution in [0.5, 0.6) is 23.0 Å². The lowest BCUT2D eigenvalue weighted by Gasteiger charge is -2.12. The summed E-state index contributed by atoms with van der Waals surface area (Å²) in [6.07, 6.45) is 0. The van der Waals surface area contributed by atoms with Crippen LogP contribution in [0.15, 0.2) is 41.4 Å². The van der Waals surface area contributed by atoms with E-state index in [1.165, 1.54) is 0 Å². The van der Waals surface area contributed by atoms with Gasteiger partial charge in [0.05, 0.1) is 34.5 Å². The zero-order chi connectivity index (χ0) is 19.6. The van der Waals surface area contributed by atoms with Crippen molar-refractivity contribution in [1.29, 1.82) is 0 Å². The molecule has 0 unspecified atom stereocenters. The predicted octanol–water partition coefficient (Wildman–Crippen LogP) is 3.33. The van der Waals surface area contributed by atoms with Crippen LogP contribution in [-0.2, 0) is 13.1 Å². The van der Waals surface area contributed by atoms with Crippen LogP contribution in [0.4, 0.5) is 0 Å².